The first-order valence-corrected chi connectivity index (χ1v) is 8.29. The number of hydrogen-bond acceptors (Lipinski definition) is 6. The van der Waals surface area contributed by atoms with Crippen LogP contribution in [0.5, 0.6) is 11.5 Å². The lowest BCUT2D eigenvalue weighted by atomic mass is 10.2. The standard InChI is InChI=1S/C16H21N3O3S/c1-5-14-18-19-16(23-14)17-15(20)11-6-7-12(13(8-11)21-4)22-9-10(2)3/h6-8,10H,5,9H2,1-4H3,(H,17,19,20). The fraction of sp³-hybridized carbons (Fsp3) is 0.438. The van der Waals surface area contributed by atoms with Crippen LogP contribution in [0.25, 0.3) is 0 Å². The van der Waals surface area contributed by atoms with Crippen molar-refractivity contribution in [3.8, 4) is 11.5 Å². The quantitative estimate of drug-likeness (QED) is 0.839. The molecule has 0 saturated heterocycles. The van der Waals surface area contributed by atoms with Gasteiger partial charge in [0.25, 0.3) is 5.91 Å². The second-order valence-corrected chi connectivity index (χ2v) is 6.44. The molecule has 1 heterocycles. The molecule has 0 saturated carbocycles. The third kappa shape index (κ3) is 4.66. The molecule has 0 aliphatic rings. The molecular formula is C16H21N3O3S. The largest absolute Gasteiger partial charge is 0.493 e. The highest BCUT2D eigenvalue weighted by molar-refractivity contribution is 7.15. The van der Waals surface area contributed by atoms with Crippen LogP contribution in [-0.4, -0.2) is 29.8 Å². The van der Waals surface area contributed by atoms with Gasteiger partial charge < -0.3 is 9.47 Å². The summed E-state index contributed by atoms with van der Waals surface area (Å²) < 4.78 is 11.0. The highest BCUT2D eigenvalue weighted by Gasteiger charge is 2.13. The van der Waals surface area contributed by atoms with Gasteiger partial charge in [0.05, 0.1) is 13.7 Å². The van der Waals surface area contributed by atoms with E-state index in [1.54, 1.807) is 25.3 Å². The van der Waals surface area contributed by atoms with Crippen molar-refractivity contribution < 1.29 is 14.3 Å². The SMILES string of the molecule is CCc1nnc(NC(=O)c2ccc(OCC(C)C)c(OC)c2)s1. The molecule has 1 aromatic carbocycles. The highest BCUT2D eigenvalue weighted by Crippen LogP contribution is 2.29. The van der Waals surface area contributed by atoms with E-state index in [1.807, 2.05) is 6.92 Å². The number of aryl methyl sites for hydroxylation is 1. The molecule has 6 nitrogen and oxygen atoms in total. The first kappa shape index (κ1) is 17.2. The van der Waals surface area contributed by atoms with Gasteiger partial charge in [-0.25, -0.2) is 0 Å². The summed E-state index contributed by atoms with van der Waals surface area (Å²) in [4.78, 5) is 12.3. The van der Waals surface area contributed by atoms with Gasteiger partial charge in [-0.1, -0.05) is 32.1 Å². The van der Waals surface area contributed by atoms with Crippen LogP contribution in [0.4, 0.5) is 5.13 Å². The Balaban J connectivity index is 2.10. The molecule has 2 rings (SSSR count). The number of methoxy groups -OCH3 is 1. The first-order chi connectivity index (χ1) is 11.0. The van der Waals surface area contributed by atoms with Crippen LogP contribution >= 0.6 is 11.3 Å². The van der Waals surface area contributed by atoms with E-state index in [-0.39, 0.29) is 5.91 Å². The second-order valence-electron chi connectivity index (χ2n) is 5.38. The number of anilines is 1. The van der Waals surface area contributed by atoms with Crippen LogP contribution in [0.1, 0.15) is 36.1 Å². The first-order valence-electron chi connectivity index (χ1n) is 7.48. The molecule has 0 bridgehead atoms. The van der Waals surface area contributed by atoms with E-state index in [1.165, 1.54) is 11.3 Å². The summed E-state index contributed by atoms with van der Waals surface area (Å²) in [5, 5.41) is 12.0. The number of benzene rings is 1. The minimum atomic E-state index is -0.252. The summed E-state index contributed by atoms with van der Waals surface area (Å²) in [5.41, 5.74) is 0.479. The van der Waals surface area contributed by atoms with Crippen LogP contribution in [0.3, 0.4) is 0 Å². The fourth-order valence-corrected chi connectivity index (χ4v) is 2.48. The third-order valence-electron chi connectivity index (χ3n) is 2.99. The Bertz CT molecular complexity index is 670. The van der Waals surface area contributed by atoms with Gasteiger partial charge in [0.2, 0.25) is 5.13 Å². The molecule has 0 spiro atoms. The van der Waals surface area contributed by atoms with Crippen LogP contribution in [0.15, 0.2) is 18.2 Å². The lowest BCUT2D eigenvalue weighted by Gasteiger charge is -2.13. The molecule has 0 atom stereocenters. The Morgan fingerprint density at radius 1 is 1.30 bits per heavy atom. The van der Waals surface area contributed by atoms with E-state index in [9.17, 15) is 4.79 Å². The monoisotopic (exact) mass is 335 g/mol. The van der Waals surface area contributed by atoms with Crippen LogP contribution in [-0.2, 0) is 6.42 Å². The van der Waals surface area contributed by atoms with Gasteiger partial charge in [-0.15, -0.1) is 10.2 Å². The summed E-state index contributed by atoms with van der Waals surface area (Å²) in [6.07, 6.45) is 0.795. The Hall–Kier alpha value is -2.15. The number of amides is 1. The predicted octanol–water partition coefficient (Wildman–Crippen LogP) is 3.40. The molecule has 2 aromatic rings. The van der Waals surface area contributed by atoms with Crippen molar-refractivity contribution in [3.63, 3.8) is 0 Å². The lowest BCUT2D eigenvalue weighted by Crippen LogP contribution is -2.12. The van der Waals surface area contributed by atoms with Gasteiger partial charge in [-0.3, -0.25) is 10.1 Å². The summed E-state index contributed by atoms with van der Waals surface area (Å²) in [5.74, 6) is 1.32. The lowest BCUT2D eigenvalue weighted by molar-refractivity contribution is 0.102. The Morgan fingerprint density at radius 3 is 2.70 bits per heavy atom. The van der Waals surface area contributed by atoms with Gasteiger partial charge in [0.1, 0.15) is 5.01 Å². The van der Waals surface area contributed by atoms with Crippen molar-refractivity contribution in [2.45, 2.75) is 27.2 Å². The fourth-order valence-electron chi connectivity index (χ4n) is 1.80. The summed E-state index contributed by atoms with van der Waals surface area (Å²) in [6.45, 7) is 6.72. The number of rotatable bonds is 7. The molecule has 0 unspecified atom stereocenters. The van der Waals surface area contributed by atoms with Crippen molar-refractivity contribution in [1.29, 1.82) is 0 Å². The Morgan fingerprint density at radius 2 is 2.09 bits per heavy atom. The minimum Gasteiger partial charge on any atom is -0.493 e. The topological polar surface area (TPSA) is 73.3 Å². The zero-order chi connectivity index (χ0) is 16.8. The molecule has 0 aliphatic heterocycles. The van der Waals surface area contributed by atoms with Gasteiger partial charge in [-0.2, -0.15) is 0 Å². The maximum Gasteiger partial charge on any atom is 0.257 e. The van der Waals surface area contributed by atoms with Gasteiger partial charge in [0, 0.05) is 5.56 Å². The molecule has 1 N–H and O–H groups in total. The predicted molar refractivity (Wildman–Crippen MR) is 90.6 cm³/mol. The molecule has 0 fully saturated rings. The molecule has 0 radical (unpaired) electrons. The van der Waals surface area contributed by atoms with Gasteiger partial charge in [-0.05, 0) is 30.5 Å². The van der Waals surface area contributed by atoms with E-state index in [2.05, 4.69) is 29.4 Å². The molecule has 23 heavy (non-hydrogen) atoms. The molecule has 0 aliphatic carbocycles. The van der Waals surface area contributed by atoms with Crippen molar-refractivity contribution in [2.75, 3.05) is 19.0 Å². The summed E-state index contributed by atoms with van der Waals surface area (Å²) in [6, 6.07) is 5.11. The van der Waals surface area contributed by atoms with E-state index >= 15 is 0 Å². The van der Waals surface area contributed by atoms with Crippen molar-refractivity contribution in [3.05, 3.63) is 28.8 Å². The van der Waals surface area contributed by atoms with Crippen molar-refractivity contribution in [1.82, 2.24) is 10.2 Å². The van der Waals surface area contributed by atoms with E-state index in [0.29, 0.717) is 34.7 Å². The number of hydrogen-bond donors (Lipinski definition) is 1. The van der Waals surface area contributed by atoms with Crippen LogP contribution in [0, 0.1) is 5.92 Å². The van der Waals surface area contributed by atoms with Crippen molar-refractivity contribution in [2.24, 2.45) is 5.92 Å². The number of carbonyl (C=O) groups excluding carboxylic acids is 1. The van der Waals surface area contributed by atoms with Crippen LogP contribution < -0.4 is 14.8 Å². The normalized spacial score (nSPS) is 10.7. The van der Waals surface area contributed by atoms with Gasteiger partial charge in [0.15, 0.2) is 11.5 Å². The zero-order valence-corrected chi connectivity index (χ0v) is 14.6. The maximum atomic E-state index is 12.3. The van der Waals surface area contributed by atoms with E-state index < -0.39 is 0 Å². The van der Waals surface area contributed by atoms with Gasteiger partial charge >= 0.3 is 0 Å². The van der Waals surface area contributed by atoms with E-state index in [0.717, 1.165) is 11.4 Å². The molecular weight excluding hydrogens is 314 g/mol. The highest BCUT2D eigenvalue weighted by atomic mass is 32.1. The smallest absolute Gasteiger partial charge is 0.257 e. The average molecular weight is 335 g/mol. The summed E-state index contributed by atoms with van der Waals surface area (Å²) >= 11 is 1.37. The second kappa shape index (κ2) is 7.92. The molecule has 7 heteroatoms. The Kier molecular flexibility index (Phi) is 5.92. The van der Waals surface area contributed by atoms with Crippen molar-refractivity contribution >= 4 is 22.4 Å². The summed E-state index contributed by atoms with van der Waals surface area (Å²) in [7, 11) is 1.55. The number of aromatic nitrogens is 2. The van der Waals surface area contributed by atoms with E-state index in [4.69, 9.17) is 9.47 Å². The number of ether oxygens (including phenoxy) is 2. The Labute approximate surface area is 139 Å². The zero-order valence-electron chi connectivity index (χ0n) is 13.8. The number of nitrogens with zero attached hydrogens (tertiary/aromatic N) is 2. The maximum absolute atomic E-state index is 12.3. The average Bonchev–Trinajstić information content (AvgIpc) is 3.00. The number of carbonyl (C=O) groups is 1. The third-order valence-corrected chi connectivity index (χ3v) is 3.97. The molecule has 1 aromatic heterocycles. The minimum absolute atomic E-state index is 0.252. The number of nitrogens with one attached hydrogen (secondary N) is 1. The molecule has 1 amide bonds. The molecule has 124 valence electrons. The van der Waals surface area contributed by atoms with Crippen LogP contribution in [0.2, 0.25) is 0 Å².